The van der Waals surface area contributed by atoms with Crippen LogP contribution in [0.3, 0.4) is 0 Å². The molecule has 0 aromatic carbocycles. The second-order valence-corrected chi connectivity index (χ2v) is 5.81. The maximum absolute atomic E-state index is 12.5. The minimum absolute atomic E-state index is 0.245. The second kappa shape index (κ2) is 6.51. The molecule has 0 unspecified atom stereocenters. The molecule has 3 aromatic rings. The van der Waals surface area contributed by atoms with E-state index in [1.54, 1.807) is 17.6 Å². The number of nitrogens with zero attached hydrogens (tertiary/aromatic N) is 4. The molecule has 0 atom stereocenters. The van der Waals surface area contributed by atoms with E-state index in [1.165, 1.54) is 6.20 Å². The van der Waals surface area contributed by atoms with Crippen molar-refractivity contribution in [1.82, 2.24) is 24.9 Å². The summed E-state index contributed by atoms with van der Waals surface area (Å²) in [6, 6.07) is 5.67. The van der Waals surface area contributed by atoms with Crippen molar-refractivity contribution in [2.75, 3.05) is 30.8 Å². The number of carbonyl (C=O) groups is 1. The molecule has 0 saturated carbocycles. The van der Waals surface area contributed by atoms with E-state index >= 15 is 0 Å². The van der Waals surface area contributed by atoms with E-state index < -0.39 is 0 Å². The van der Waals surface area contributed by atoms with Gasteiger partial charge in [0, 0.05) is 18.7 Å². The molecule has 1 amide bonds. The van der Waals surface area contributed by atoms with Crippen LogP contribution in [0.2, 0.25) is 0 Å². The van der Waals surface area contributed by atoms with Crippen LogP contribution in [0.5, 0.6) is 5.88 Å². The Hall–Kier alpha value is -3.36. The first-order valence-corrected chi connectivity index (χ1v) is 8.44. The molecule has 0 fully saturated rings. The van der Waals surface area contributed by atoms with Gasteiger partial charge in [0.1, 0.15) is 29.6 Å². The van der Waals surface area contributed by atoms with Crippen molar-refractivity contribution in [3.05, 3.63) is 35.5 Å². The molecule has 0 saturated heterocycles. The highest BCUT2D eigenvalue weighted by Crippen LogP contribution is 2.24. The summed E-state index contributed by atoms with van der Waals surface area (Å²) in [5.74, 6) is 2.19. The highest BCUT2D eigenvalue weighted by molar-refractivity contribution is 6.00. The van der Waals surface area contributed by atoms with Crippen LogP contribution in [0, 0.1) is 0 Å². The average molecular weight is 353 g/mol. The summed E-state index contributed by atoms with van der Waals surface area (Å²) >= 11 is 0. The Labute approximate surface area is 149 Å². The van der Waals surface area contributed by atoms with E-state index in [4.69, 9.17) is 4.74 Å². The van der Waals surface area contributed by atoms with E-state index in [0.29, 0.717) is 47.7 Å². The fourth-order valence-electron chi connectivity index (χ4n) is 2.84. The lowest BCUT2D eigenvalue weighted by Crippen LogP contribution is -2.28. The van der Waals surface area contributed by atoms with Crippen LogP contribution >= 0.6 is 0 Å². The molecule has 9 nitrogen and oxygen atoms in total. The SMILES string of the molecule is CCc1ccc2nc1OCCNC(=O)c1cnn3c(NC)cc(nc13)N2. The summed E-state index contributed by atoms with van der Waals surface area (Å²) in [7, 11) is 1.79. The van der Waals surface area contributed by atoms with Gasteiger partial charge in [-0.2, -0.15) is 14.6 Å². The van der Waals surface area contributed by atoms with Crippen molar-refractivity contribution in [3.63, 3.8) is 0 Å². The number of hydrogen-bond acceptors (Lipinski definition) is 7. The van der Waals surface area contributed by atoms with E-state index in [-0.39, 0.29) is 5.91 Å². The van der Waals surface area contributed by atoms with Gasteiger partial charge in [0.05, 0.1) is 12.7 Å². The van der Waals surface area contributed by atoms with Gasteiger partial charge < -0.3 is 20.7 Å². The number of hydrogen-bond donors (Lipinski definition) is 3. The number of anilines is 3. The first-order valence-electron chi connectivity index (χ1n) is 8.44. The maximum atomic E-state index is 12.5. The molecule has 0 spiro atoms. The van der Waals surface area contributed by atoms with Crippen molar-refractivity contribution < 1.29 is 9.53 Å². The van der Waals surface area contributed by atoms with Crippen LogP contribution in [0.25, 0.3) is 5.65 Å². The van der Waals surface area contributed by atoms with Gasteiger partial charge in [-0.1, -0.05) is 6.92 Å². The molecule has 1 aliphatic heterocycles. The zero-order valence-electron chi connectivity index (χ0n) is 14.5. The lowest BCUT2D eigenvalue weighted by atomic mass is 10.2. The molecule has 0 radical (unpaired) electrons. The number of carbonyl (C=O) groups excluding carboxylic acids is 1. The zero-order valence-corrected chi connectivity index (χ0v) is 14.5. The van der Waals surface area contributed by atoms with Crippen LogP contribution in [0.1, 0.15) is 22.8 Å². The van der Waals surface area contributed by atoms with Crippen LogP contribution in [0.15, 0.2) is 24.4 Å². The summed E-state index contributed by atoms with van der Waals surface area (Å²) in [6.45, 7) is 2.73. The molecular formula is C17H19N7O2. The number of aromatic nitrogens is 4. The van der Waals surface area contributed by atoms with E-state index in [1.807, 2.05) is 19.1 Å². The second-order valence-electron chi connectivity index (χ2n) is 5.81. The van der Waals surface area contributed by atoms with Crippen molar-refractivity contribution in [2.24, 2.45) is 0 Å². The standard InChI is InChI=1S/C17H19N7O2/c1-3-10-4-5-12-21-13-8-14(18-2)24-15(22-13)11(9-20-24)16(25)19-6-7-26-17(10)23-12/h4-5,8-9,18H,3,6-7H2,1-2H3,(H,19,25)(H,21,22,23). The summed E-state index contributed by atoms with van der Waals surface area (Å²) in [5.41, 5.74) is 1.87. The predicted octanol–water partition coefficient (Wildman–Crippen LogP) is 1.59. The molecular weight excluding hydrogens is 334 g/mol. The molecule has 4 bridgehead atoms. The maximum Gasteiger partial charge on any atom is 0.256 e. The fourth-order valence-corrected chi connectivity index (χ4v) is 2.84. The smallest absolute Gasteiger partial charge is 0.256 e. The third-order valence-electron chi connectivity index (χ3n) is 4.18. The van der Waals surface area contributed by atoms with Gasteiger partial charge in [-0.25, -0.2) is 4.98 Å². The van der Waals surface area contributed by atoms with Gasteiger partial charge in [0.15, 0.2) is 5.65 Å². The van der Waals surface area contributed by atoms with Crippen LogP contribution < -0.4 is 20.7 Å². The minimum Gasteiger partial charge on any atom is -0.476 e. The van der Waals surface area contributed by atoms with E-state index in [9.17, 15) is 4.79 Å². The van der Waals surface area contributed by atoms with Gasteiger partial charge in [0.25, 0.3) is 5.91 Å². The summed E-state index contributed by atoms with van der Waals surface area (Å²) in [6.07, 6.45) is 2.32. The predicted molar refractivity (Wildman–Crippen MR) is 97.3 cm³/mol. The Morgan fingerprint density at radius 3 is 3.00 bits per heavy atom. The Balaban J connectivity index is 1.86. The summed E-state index contributed by atoms with van der Waals surface area (Å²) < 4.78 is 7.36. The number of aryl methyl sites for hydroxylation is 1. The quantitative estimate of drug-likeness (QED) is 0.642. The Kier molecular flexibility index (Phi) is 4.04. The van der Waals surface area contributed by atoms with Crippen molar-refractivity contribution in [2.45, 2.75) is 13.3 Å². The first-order chi connectivity index (χ1) is 12.7. The first kappa shape index (κ1) is 16.1. The van der Waals surface area contributed by atoms with E-state index in [2.05, 4.69) is 31.0 Å². The van der Waals surface area contributed by atoms with E-state index in [0.717, 1.165) is 12.0 Å². The molecule has 3 N–H and O–H groups in total. The molecule has 4 rings (SSSR count). The number of fused-ring (bicyclic) bond motifs is 3. The third-order valence-corrected chi connectivity index (χ3v) is 4.18. The monoisotopic (exact) mass is 353 g/mol. The van der Waals surface area contributed by atoms with Crippen LogP contribution in [0.4, 0.5) is 17.5 Å². The molecule has 26 heavy (non-hydrogen) atoms. The van der Waals surface area contributed by atoms with Gasteiger partial charge in [-0.05, 0) is 18.6 Å². The molecule has 3 aromatic heterocycles. The van der Waals surface area contributed by atoms with Crippen LogP contribution in [-0.4, -0.2) is 45.7 Å². The highest BCUT2D eigenvalue weighted by Gasteiger charge is 2.18. The molecule has 134 valence electrons. The number of ether oxygens (including phenoxy) is 1. The Morgan fingerprint density at radius 2 is 2.19 bits per heavy atom. The molecule has 9 heteroatoms. The average Bonchev–Trinajstić information content (AvgIpc) is 3.08. The lowest BCUT2D eigenvalue weighted by molar-refractivity contribution is 0.0948. The van der Waals surface area contributed by atoms with Crippen molar-refractivity contribution in [3.8, 4) is 5.88 Å². The summed E-state index contributed by atoms with van der Waals surface area (Å²) in [4.78, 5) is 21.6. The topological polar surface area (TPSA) is 105 Å². The fraction of sp³-hybridized carbons (Fsp3) is 0.294. The van der Waals surface area contributed by atoms with Gasteiger partial charge in [-0.3, -0.25) is 4.79 Å². The molecule has 1 aliphatic rings. The lowest BCUT2D eigenvalue weighted by Gasteiger charge is -2.12. The number of pyridine rings is 1. The van der Waals surface area contributed by atoms with Gasteiger partial charge in [0.2, 0.25) is 5.88 Å². The Morgan fingerprint density at radius 1 is 1.31 bits per heavy atom. The number of rotatable bonds is 2. The minimum atomic E-state index is -0.245. The largest absolute Gasteiger partial charge is 0.476 e. The third kappa shape index (κ3) is 2.77. The zero-order chi connectivity index (χ0) is 18.1. The van der Waals surface area contributed by atoms with Gasteiger partial charge >= 0.3 is 0 Å². The normalized spacial score (nSPS) is 13.8. The molecule has 0 aliphatic carbocycles. The highest BCUT2D eigenvalue weighted by atomic mass is 16.5. The molecule has 4 heterocycles. The summed E-state index contributed by atoms with van der Waals surface area (Å²) in [5, 5.41) is 13.3. The van der Waals surface area contributed by atoms with Gasteiger partial charge in [-0.15, -0.1) is 0 Å². The van der Waals surface area contributed by atoms with Crippen molar-refractivity contribution >= 4 is 29.0 Å². The Bertz CT molecular complexity index is 983. The number of amides is 1. The number of nitrogens with one attached hydrogen (secondary N) is 3. The van der Waals surface area contributed by atoms with Crippen LogP contribution in [-0.2, 0) is 6.42 Å². The van der Waals surface area contributed by atoms with Crippen molar-refractivity contribution in [1.29, 1.82) is 0 Å².